The summed E-state index contributed by atoms with van der Waals surface area (Å²) in [4.78, 5) is 40.0. The number of hydrogen-bond acceptors (Lipinski definition) is 3. The number of nitrogens with one attached hydrogen (secondary N) is 2. The second-order valence-electron chi connectivity index (χ2n) is 8.96. The molecule has 2 aliphatic rings. The normalized spacial score (nSPS) is 25.2. The number of benzene rings is 1. The first kappa shape index (κ1) is 24.9. The molecule has 1 aliphatic carbocycles. The fraction of sp³-hybridized carbons (Fsp3) is 0.609. The Morgan fingerprint density at radius 3 is 2.59 bits per heavy atom. The van der Waals surface area contributed by atoms with Crippen molar-refractivity contribution >= 4 is 54.5 Å². The molecule has 32 heavy (non-hydrogen) atoms. The van der Waals surface area contributed by atoms with Crippen LogP contribution >= 0.6 is 23.2 Å². The number of amides is 3. The molecule has 1 aliphatic heterocycles. The number of Topliss-reactive ketones (excluding diaryl/α,β-unsaturated/α-hetero) is 1. The van der Waals surface area contributed by atoms with Gasteiger partial charge in [0.1, 0.15) is 7.85 Å². The lowest BCUT2D eigenvalue weighted by molar-refractivity contribution is -0.138. The zero-order chi connectivity index (χ0) is 23.3. The van der Waals surface area contributed by atoms with Gasteiger partial charge in [-0.1, -0.05) is 49.4 Å². The minimum atomic E-state index is -1.58. The van der Waals surface area contributed by atoms with Gasteiger partial charge >= 0.3 is 6.03 Å². The minimum absolute atomic E-state index is 0.0546. The first-order valence-corrected chi connectivity index (χ1v) is 12.1. The summed E-state index contributed by atoms with van der Waals surface area (Å²) < 4.78 is 0. The standard InChI is InChI=1S/C23H30BCl2N3O3/c1-2-3-4-7-15-10-19(15)20(30)14-29-9-6-5-8-23(24,21(29)31)28-22(32)27-18-12-16(25)11-17(26)13-18/h11-13,15,19H,2-10,14H2,1H3,(H2,27,28,32)/t15?,19?,23-/m0/s1. The average Bonchev–Trinajstić information content (AvgIpc) is 3.49. The van der Waals surface area contributed by atoms with E-state index in [1.165, 1.54) is 11.3 Å². The van der Waals surface area contributed by atoms with Crippen molar-refractivity contribution < 1.29 is 14.4 Å². The summed E-state index contributed by atoms with van der Waals surface area (Å²) >= 11 is 11.9. The largest absolute Gasteiger partial charge is 0.334 e. The first-order valence-electron chi connectivity index (χ1n) is 11.4. The van der Waals surface area contributed by atoms with Gasteiger partial charge in [0.25, 0.3) is 0 Å². The molecule has 3 amide bonds. The molecular weight excluding hydrogens is 448 g/mol. The number of carbonyl (C=O) groups is 3. The van der Waals surface area contributed by atoms with Crippen LogP contribution in [0.3, 0.4) is 0 Å². The summed E-state index contributed by atoms with van der Waals surface area (Å²) in [6.07, 6.45) is 7.19. The first-order chi connectivity index (χ1) is 15.2. The van der Waals surface area contributed by atoms with Crippen LogP contribution in [0.15, 0.2) is 18.2 Å². The molecule has 1 heterocycles. The van der Waals surface area contributed by atoms with Crippen molar-refractivity contribution in [2.45, 2.75) is 63.7 Å². The summed E-state index contributed by atoms with van der Waals surface area (Å²) in [5.41, 5.74) is -1.19. The molecule has 1 saturated carbocycles. The summed E-state index contributed by atoms with van der Waals surface area (Å²) in [5, 5.41) is 5.96. The molecule has 0 spiro atoms. The molecule has 9 heteroatoms. The van der Waals surface area contributed by atoms with Crippen LogP contribution in [0.4, 0.5) is 10.5 Å². The Kier molecular flexibility index (Phi) is 8.51. The van der Waals surface area contributed by atoms with E-state index >= 15 is 0 Å². The van der Waals surface area contributed by atoms with Crippen molar-refractivity contribution in [2.75, 3.05) is 18.4 Å². The van der Waals surface area contributed by atoms with Crippen LogP contribution < -0.4 is 10.6 Å². The number of hydrogen-bond donors (Lipinski definition) is 2. The topological polar surface area (TPSA) is 78.5 Å². The van der Waals surface area contributed by atoms with Crippen LogP contribution in [0.5, 0.6) is 0 Å². The van der Waals surface area contributed by atoms with E-state index in [-0.39, 0.29) is 18.2 Å². The summed E-state index contributed by atoms with van der Waals surface area (Å²) in [6.45, 7) is 2.68. The molecule has 1 saturated heterocycles. The molecule has 1 aromatic carbocycles. The van der Waals surface area contributed by atoms with Gasteiger partial charge < -0.3 is 15.5 Å². The monoisotopic (exact) mass is 477 g/mol. The van der Waals surface area contributed by atoms with E-state index in [4.69, 9.17) is 31.0 Å². The highest BCUT2D eigenvalue weighted by molar-refractivity contribution is 6.35. The third-order valence-electron chi connectivity index (χ3n) is 6.24. The second-order valence-corrected chi connectivity index (χ2v) is 9.83. The molecule has 172 valence electrons. The maximum Gasteiger partial charge on any atom is 0.319 e. The van der Waals surface area contributed by atoms with E-state index < -0.39 is 17.4 Å². The number of halogens is 2. The van der Waals surface area contributed by atoms with Crippen LogP contribution in [-0.4, -0.2) is 49.0 Å². The number of anilines is 1. The third kappa shape index (κ3) is 6.64. The van der Waals surface area contributed by atoms with Gasteiger partial charge in [0.2, 0.25) is 5.91 Å². The Hall–Kier alpha value is -1.73. The van der Waals surface area contributed by atoms with Crippen molar-refractivity contribution in [3.63, 3.8) is 0 Å². The number of unbranched alkanes of at least 4 members (excludes halogenated alkanes) is 2. The highest BCUT2D eigenvalue weighted by Crippen LogP contribution is 2.43. The third-order valence-corrected chi connectivity index (χ3v) is 6.67. The Morgan fingerprint density at radius 2 is 1.91 bits per heavy atom. The van der Waals surface area contributed by atoms with Gasteiger partial charge in [-0.15, -0.1) is 0 Å². The maximum atomic E-state index is 13.2. The Morgan fingerprint density at radius 1 is 1.19 bits per heavy atom. The molecule has 6 nitrogen and oxygen atoms in total. The molecule has 2 fully saturated rings. The summed E-state index contributed by atoms with van der Waals surface area (Å²) in [7, 11) is 6.36. The van der Waals surface area contributed by atoms with E-state index in [1.54, 1.807) is 18.2 Å². The van der Waals surface area contributed by atoms with Gasteiger partial charge in [-0.05, 0) is 56.2 Å². The molecule has 2 N–H and O–H groups in total. The average molecular weight is 478 g/mol. The lowest BCUT2D eigenvalue weighted by Crippen LogP contribution is -2.60. The molecule has 2 unspecified atom stereocenters. The highest BCUT2D eigenvalue weighted by atomic mass is 35.5. The van der Waals surface area contributed by atoms with Gasteiger partial charge in [-0.2, -0.15) is 0 Å². The summed E-state index contributed by atoms with van der Waals surface area (Å²) in [6, 6.07) is 4.01. The van der Waals surface area contributed by atoms with E-state index in [2.05, 4.69) is 17.6 Å². The van der Waals surface area contributed by atoms with Crippen LogP contribution in [0.2, 0.25) is 10.0 Å². The van der Waals surface area contributed by atoms with E-state index in [0.29, 0.717) is 41.0 Å². The number of likely N-dealkylation sites (tertiary alicyclic amines) is 1. The van der Waals surface area contributed by atoms with Crippen molar-refractivity contribution in [1.82, 2.24) is 10.2 Å². The van der Waals surface area contributed by atoms with Crippen LogP contribution in [0, 0.1) is 11.8 Å². The van der Waals surface area contributed by atoms with Gasteiger partial charge in [-0.25, -0.2) is 4.79 Å². The zero-order valence-electron chi connectivity index (χ0n) is 18.5. The number of carbonyl (C=O) groups excluding carboxylic acids is 3. The summed E-state index contributed by atoms with van der Waals surface area (Å²) in [5.74, 6) is 0.180. The number of ketones is 1. The Bertz CT molecular complexity index is 849. The van der Waals surface area contributed by atoms with E-state index in [1.807, 2.05) is 0 Å². The Labute approximate surface area is 201 Å². The highest BCUT2D eigenvalue weighted by Gasteiger charge is 2.44. The van der Waals surface area contributed by atoms with Crippen molar-refractivity contribution in [3.8, 4) is 0 Å². The fourth-order valence-electron chi connectivity index (χ4n) is 4.38. The fourth-order valence-corrected chi connectivity index (χ4v) is 4.90. The quantitative estimate of drug-likeness (QED) is 0.396. The number of urea groups is 1. The maximum absolute atomic E-state index is 13.2. The lowest BCUT2D eigenvalue weighted by atomic mass is 9.73. The number of rotatable bonds is 9. The molecule has 2 radical (unpaired) electrons. The zero-order valence-corrected chi connectivity index (χ0v) is 20.0. The second kappa shape index (κ2) is 10.9. The van der Waals surface area contributed by atoms with Crippen LogP contribution in [0.1, 0.15) is 58.3 Å². The van der Waals surface area contributed by atoms with Crippen LogP contribution in [-0.2, 0) is 9.59 Å². The molecule has 3 atom stereocenters. The Balaban J connectivity index is 1.58. The molecular formula is C23H30BCl2N3O3. The SMILES string of the molecule is [B][C@]1(NC(=O)Nc2cc(Cl)cc(Cl)c2)CCCCN(CC(=O)C2CC2CCCCC)C1=O. The predicted molar refractivity (Wildman–Crippen MR) is 128 cm³/mol. The van der Waals surface area contributed by atoms with E-state index in [9.17, 15) is 14.4 Å². The number of nitrogens with zero attached hydrogens (tertiary/aromatic N) is 1. The van der Waals surface area contributed by atoms with Gasteiger partial charge in [0.15, 0.2) is 5.78 Å². The molecule has 0 bridgehead atoms. The lowest BCUT2D eigenvalue weighted by Gasteiger charge is -2.33. The van der Waals surface area contributed by atoms with Crippen molar-refractivity contribution in [3.05, 3.63) is 28.2 Å². The van der Waals surface area contributed by atoms with Crippen LogP contribution in [0.25, 0.3) is 0 Å². The van der Waals surface area contributed by atoms with Gasteiger partial charge in [-0.3, -0.25) is 9.59 Å². The van der Waals surface area contributed by atoms with Crippen molar-refractivity contribution in [1.29, 1.82) is 0 Å². The van der Waals surface area contributed by atoms with Gasteiger partial charge in [0.05, 0.1) is 12.0 Å². The minimum Gasteiger partial charge on any atom is -0.334 e. The molecule has 3 rings (SSSR count). The molecule has 0 aromatic heterocycles. The predicted octanol–water partition coefficient (Wildman–Crippen LogP) is 4.78. The smallest absolute Gasteiger partial charge is 0.319 e. The van der Waals surface area contributed by atoms with E-state index in [0.717, 1.165) is 32.1 Å². The van der Waals surface area contributed by atoms with Crippen molar-refractivity contribution in [2.24, 2.45) is 11.8 Å². The molecule has 1 aromatic rings. The van der Waals surface area contributed by atoms with Gasteiger partial charge in [0, 0.05) is 28.2 Å².